The van der Waals surface area contributed by atoms with E-state index in [4.69, 9.17) is 0 Å². The second kappa shape index (κ2) is 6.17. The van der Waals surface area contributed by atoms with Gasteiger partial charge in [-0.25, -0.2) is 12.8 Å². The summed E-state index contributed by atoms with van der Waals surface area (Å²) in [6, 6.07) is 14.1. The summed E-state index contributed by atoms with van der Waals surface area (Å²) in [6.45, 7) is 0.770. The summed E-state index contributed by atoms with van der Waals surface area (Å²) in [4.78, 5) is 12.7. The monoisotopic (exact) mass is 374 g/mol. The van der Waals surface area contributed by atoms with Crippen LogP contribution in [0.15, 0.2) is 59.5 Å². The molecule has 0 aromatic heterocycles. The van der Waals surface area contributed by atoms with Gasteiger partial charge in [0.1, 0.15) is 5.82 Å². The van der Waals surface area contributed by atoms with Gasteiger partial charge in [-0.1, -0.05) is 24.3 Å². The van der Waals surface area contributed by atoms with E-state index in [1.54, 1.807) is 36.4 Å². The highest BCUT2D eigenvalue weighted by atomic mass is 32.2. The average Bonchev–Trinajstić information content (AvgIpc) is 3.15. The minimum atomic E-state index is -3.53. The van der Waals surface area contributed by atoms with E-state index in [0.29, 0.717) is 31.6 Å². The predicted molar refractivity (Wildman–Crippen MR) is 95.4 cm³/mol. The lowest BCUT2D eigenvalue weighted by atomic mass is 10.0. The third kappa shape index (κ3) is 3.01. The fourth-order valence-electron chi connectivity index (χ4n) is 3.77. The second-order valence-corrected chi connectivity index (χ2v) is 8.96. The molecule has 0 unspecified atom stereocenters. The van der Waals surface area contributed by atoms with Crippen molar-refractivity contribution in [2.75, 3.05) is 18.4 Å². The van der Waals surface area contributed by atoms with Crippen molar-refractivity contribution in [3.05, 3.63) is 60.4 Å². The largest absolute Gasteiger partial charge is 0.326 e. The van der Waals surface area contributed by atoms with E-state index in [9.17, 15) is 17.6 Å². The van der Waals surface area contributed by atoms with Crippen molar-refractivity contribution in [2.24, 2.45) is 11.3 Å². The topological polar surface area (TPSA) is 66.5 Å². The standard InChI is InChI=1S/C19H19FN2O3S/c20-14-5-4-6-15(11-14)21-18(23)17-12-19(17)9-10-22(13-19)26(24,25)16-7-2-1-3-8-16/h1-8,11,17H,9-10,12-13H2,(H,21,23)/t17-,19-/m1/s1. The average molecular weight is 374 g/mol. The van der Waals surface area contributed by atoms with Gasteiger partial charge < -0.3 is 5.32 Å². The molecule has 2 atom stereocenters. The predicted octanol–water partition coefficient (Wildman–Crippen LogP) is 2.87. The quantitative estimate of drug-likeness (QED) is 0.895. The molecule has 2 aliphatic rings. The molecule has 1 amide bonds. The number of carbonyl (C=O) groups is 1. The highest BCUT2D eigenvalue weighted by Crippen LogP contribution is 2.59. The Kier molecular flexibility index (Phi) is 4.08. The Bertz CT molecular complexity index is 948. The van der Waals surface area contributed by atoms with Crippen molar-refractivity contribution in [3.8, 4) is 0 Å². The lowest BCUT2D eigenvalue weighted by Gasteiger charge is -2.16. The fourth-order valence-corrected chi connectivity index (χ4v) is 5.33. The van der Waals surface area contributed by atoms with Gasteiger partial charge in [-0.15, -0.1) is 0 Å². The molecular formula is C19H19FN2O3S. The van der Waals surface area contributed by atoms with Gasteiger partial charge in [0.15, 0.2) is 0 Å². The third-order valence-corrected chi connectivity index (χ3v) is 7.19. The van der Waals surface area contributed by atoms with E-state index in [0.717, 1.165) is 0 Å². The SMILES string of the molecule is O=C(Nc1cccc(F)c1)[C@H]1C[C@@]12CCN(S(=O)(=O)c1ccccc1)C2. The van der Waals surface area contributed by atoms with Crippen molar-refractivity contribution < 1.29 is 17.6 Å². The molecule has 2 aromatic carbocycles. The Hall–Kier alpha value is -2.25. The number of anilines is 1. The Labute approximate surface area is 151 Å². The normalized spacial score (nSPS) is 25.3. The smallest absolute Gasteiger partial charge is 0.243 e. The van der Waals surface area contributed by atoms with E-state index in [1.807, 2.05) is 0 Å². The molecular weight excluding hydrogens is 355 g/mol. The molecule has 1 heterocycles. The fraction of sp³-hybridized carbons (Fsp3) is 0.316. The first-order valence-electron chi connectivity index (χ1n) is 8.52. The lowest BCUT2D eigenvalue weighted by molar-refractivity contribution is -0.118. The van der Waals surface area contributed by atoms with Crippen molar-refractivity contribution >= 4 is 21.6 Å². The van der Waals surface area contributed by atoms with Crippen LogP contribution in [0.1, 0.15) is 12.8 Å². The zero-order valence-corrected chi connectivity index (χ0v) is 14.9. The number of sulfonamides is 1. The van der Waals surface area contributed by atoms with Gasteiger partial charge in [0.05, 0.1) is 4.90 Å². The zero-order valence-electron chi connectivity index (χ0n) is 14.1. The molecule has 136 valence electrons. The maximum Gasteiger partial charge on any atom is 0.243 e. The number of nitrogens with zero attached hydrogens (tertiary/aromatic N) is 1. The maximum atomic E-state index is 13.2. The van der Waals surface area contributed by atoms with Crippen LogP contribution in [0.4, 0.5) is 10.1 Å². The van der Waals surface area contributed by atoms with Crippen LogP contribution >= 0.6 is 0 Å². The molecule has 0 radical (unpaired) electrons. The van der Waals surface area contributed by atoms with Crippen LogP contribution in [0, 0.1) is 17.2 Å². The lowest BCUT2D eigenvalue weighted by Crippen LogP contribution is -2.30. The van der Waals surface area contributed by atoms with Crippen LogP contribution in [0.5, 0.6) is 0 Å². The van der Waals surface area contributed by atoms with Crippen molar-refractivity contribution in [1.29, 1.82) is 0 Å². The van der Waals surface area contributed by atoms with E-state index < -0.39 is 15.8 Å². The minimum Gasteiger partial charge on any atom is -0.326 e. The summed E-state index contributed by atoms with van der Waals surface area (Å²) in [5.41, 5.74) is 0.128. The summed E-state index contributed by atoms with van der Waals surface area (Å²) in [5.74, 6) is -0.814. The van der Waals surface area contributed by atoms with Crippen LogP contribution in [0.25, 0.3) is 0 Å². The zero-order chi connectivity index (χ0) is 18.4. The molecule has 0 bridgehead atoms. The molecule has 26 heavy (non-hydrogen) atoms. The number of halogens is 1. The van der Waals surface area contributed by atoms with Crippen LogP contribution in [0.3, 0.4) is 0 Å². The number of carbonyl (C=O) groups excluding carboxylic acids is 1. The Morgan fingerprint density at radius 1 is 1.15 bits per heavy atom. The first kappa shape index (κ1) is 17.2. The van der Waals surface area contributed by atoms with Crippen LogP contribution in [-0.2, 0) is 14.8 Å². The first-order chi connectivity index (χ1) is 12.4. The molecule has 1 N–H and O–H groups in total. The van der Waals surface area contributed by atoms with Gasteiger partial charge in [0, 0.05) is 24.7 Å². The number of benzene rings is 2. The molecule has 7 heteroatoms. The summed E-state index contributed by atoms with van der Waals surface area (Å²) >= 11 is 0. The highest BCUT2D eigenvalue weighted by Gasteiger charge is 2.62. The summed E-state index contributed by atoms with van der Waals surface area (Å²) in [7, 11) is -3.53. The van der Waals surface area contributed by atoms with Gasteiger partial charge in [-0.05, 0) is 48.6 Å². The van der Waals surface area contributed by atoms with Crippen molar-refractivity contribution in [3.63, 3.8) is 0 Å². The van der Waals surface area contributed by atoms with Crippen LogP contribution in [-0.4, -0.2) is 31.7 Å². The molecule has 1 saturated heterocycles. The second-order valence-electron chi connectivity index (χ2n) is 7.02. The molecule has 2 aromatic rings. The number of hydrogen-bond acceptors (Lipinski definition) is 3. The Balaban J connectivity index is 1.44. The molecule has 1 spiro atoms. The van der Waals surface area contributed by atoms with Gasteiger partial charge >= 0.3 is 0 Å². The maximum absolute atomic E-state index is 13.2. The number of hydrogen-bond donors (Lipinski definition) is 1. The summed E-state index contributed by atoms with van der Waals surface area (Å²) in [5, 5.41) is 2.73. The molecule has 2 fully saturated rings. The third-order valence-electron chi connectivity index (χ3n) is 5.33. The molecule has 1 aliphatic carbocycles. The molecule has 1 saturated carbocycles. The van der Waals surface area contributed by atoms with E-state index in [-0.39, 0.29) is 22.1 Å². The highest BCUT2D eigenvalue weighted by molar-refractivity contribution is 7.89. The van der Waals surface area contributed by atoms with Gasteiger partial charge in [0.25, 0.3) is 0 Å². The van der Waals surface area contributed by atoms with Crippen molar-refractivity contribution in [1.82, 2.24) is 4.31 Å². The van der Waals surface area contributed by atoms with Crippen molar-refractivity contribution in [2.45, 2.75) is 17.7 Å². The number of amides is 1. The Morgan fingerprint density at radius 3 is 2.65 bits per heavy atom. The molecule has 4 rings (SSSR count). The van der Waals surface area contributed by atoms with Gasteiger partial charge in [0.2, 0.25) is 15.9 Å². The van der Waals surface area contributed by atoms with E-state index in [2.05, 4.69) is 5.32 Å². The van der Waals surface area contributed by atoms with Crippen LogP contribution in [0.2, 0.25) is 0 Å². The summed E-state index contributed by atoms with van der Waals surface area (Å²) in [6.07, 6.45) is 1.33. The van der Waals surface area contributed by atoms with Gasteiger partial charge in [-0.3, -0.25) is 4.79 Å². The van der Waals surface area contributed by atoms with E-state index >= 15 is 0 Å². The summed E-state index contributed by atoms with van der Waals surface area (Å²) < 4.78 is 40.2. The number of nitrogens with one attached hydrogen (secondary N) is 1. The van der Waals surface area contributed by atoms with Crippen LogP contribution < -0.4 is 5.32 Å². The van der Waals surface area contributed by atoms with Gasteiger partial charge in [-0.2, -0.15) is 4.31 Å². The minimum absolute atomic E-state index is 0.172. The molecule has 5 nitrogen and oxygen atoms in total. The van der Waals surface area contributed by atoms with E-state index in [1.165, 1.54) is 22.5 Å². The Morgan fingerprint density at radius 2 is 1.92 bits per heavy atom. The first-order valence-corrected chi connectivity index (χ1v) is 9.96. The molecule has 1 aliphatic heterocycles. The number of rotatable bonds is 4.